The molecule has 0 unspecified atom stereocenters. The highest BCUT2D eigenvalue weighted by atomic mass is 32.2. The van der Waals surface area contributed by atoms with Gasteiger partial charge in [-0.15, -0.1) is 0 Å². The van der Waals surface area contributed by atoms with Crippen molar-refractivity contribution in [1.29, 1.82) is 0 Å². The molecule has 5 nitrogen and oxygen atoms in total. The van der Waals surface area contributed by atoms with Crippen LogP contribution < -0.4 is 0 Å². The Morgan fingerprint density at radius 3 is 2.91 bits per heavy atom. The smallest absolute Gasteiger partial charge is 0.220 e. The summed E-state index contributed by atoms with van der Waals surface area (Å²) in [6.07, 6.45) is 2.10. The molecule has 1 saturated heterocycles. The second-order valence-electron chi connectivity index (χ2n) is 5.62. The Bertz CT molecular complexity index is 746. The van der Waals surface area contributed by atoms with E-state index in [1.54, 1.807) is 12.1 Å². The monoisotopic (exact) mass is 324 g/mol. The molecular formula is C15H17FN2O3S. The van der Waals surface area contributed by atoms with Gasteiger partial charge in [0.25, 0.3) is 0 Å². The molecule has 0 radical (unpaired) electrons. The van der Waals surface area contributed by atoms with Crippen LogP contribution in [0.1, 0.15) is 30.6 Å². The summed E-state index contributed by atoms with van der Waals surface area (Å²) in [6, 6.07) is 7.34. The lowest BCUT2D eigenvalue weighted by atomic mass is 9.96. The van der Waals surface area contributed by atoms with Crippen molar-refractivity contribution >= 4 is 10.0 Å². The Kier molecular flexibility index (Phi) is 4.01. The van der Waals surface area contributed by atoms with Gasteiger partial charge in [-0.3, -0.25) is 0 Å². The Morgan fingerprint density at radius 1 is 1.41 bits per heavy atom. The summed E-state index contributed by atoms with van der Waals surface area (Å²) in [5.74, 6) is -0.429. The highest BCUT2D eigenvalue weighted by molar-refractivity contribution is 7.88. The predicted octanol–water partition coefficient (Wildman–Crippen LogP) is 2.73. The van der Waals surface area contributed by atoms with Crippen molar-refractivity contribution in [1.82, 2.24) is 9.46 Å². The van der Waals surface area contributed by atoms with E-state index in [2.05, 4.69) is 9.68 Å². The molecule has 0 aliphatic carbocycles. The van der Waals surface area contributed by atoms with Crippen LogP contribution in [-0.4, -0.2) is 24.4 Å². The molecule has 1 aliphatic rings. The third-order valence-corrected chi connectivity index (χ3v) is 5.81. The molecular weight excluding hydrogens is 307 g/mol. The molecule has 118 valence electrons. The quantitative estimate of drug-likeness (QED) is 0.867. The van der Waals surface area contributed by atoms with Crippen molar-refractivity contribution in [2.45, 2.75) is 25.1 Å². The maximum atomic E-state index is 13.5. The molecule has 1 aromatic heterocycles. The minimum absolute atomic E-state index is 0.133. The topological polar surface area (TPSA) is 63.4 Å². The lowest BCUT2D eigenvalue weighted by Crippen LogP contribution is -2.33. The van der Waals surface area contributed by atoms with Gasteiger partial charge in [-0.05, 0) is 30.0 Å². The minimum atomic E-state index is -3.54. The van der Waals surface area contributed by atoms with Crippen LogP contribution in [0.15, 0.2) is 41.1 Å². The van der Waals surface area contributed by atoms with Crippen LogP contribution in [0.5, 0.6) is 0 Å². The number of hydrogen-bond acceptors (Lipinski definition) is 4. The normalized spacial score (nSPS) is 23.0. The van der Waals surface area contributed by atoms with E-state index >= 15 is 0 Å². The third kappa shape index (κ3) is 2.91. The Balaban J connectivity index is 1.91. The maximum Gasteiger partial charge on any atom is 0.220 e. The van der Waals surface area contributed by atoms with Gasteiger partial charge in [0.15, 0.2) is 0 Å². The molecule has 2 atom stereocenters. The van der Waals surface area contributed by atoms with Crippen LogP contribution in [0.2, 0.25) is 0 Å². The minimum Gasteiger partial charge on any atom is -0.364 e. The highest BCUT2D eigenvalue weighted by Crippen LogP contribution is 2.39. The molecule has 7 heteroatoms. The van der Waals surface area contributed by atoms with E-state index in [0.29, 0.717) is 17.8 Å². The average Bonchev–Trinajstić information content (AvgIpc) is 3.08. The molecule has 22 heavy (non-hydrogen) atoms. The van der Waals surface area contributed by atoms with E-state index in [1.807, 2.05) is 6.92 Å². The summed E-state index contributed by atoms with van der Waals surface area (Å²) in [5.41, 5.74) is 1.06. The first kappa shape index (κ1) is 15.2. The second-order valence-corrected chi connectivity index (χ2v) is 7.55. The first-order chi connectivity index (χ1) is 10.5. The number of aromatic nitrogens is 1. The van der Waals surface area contributed by atoms with Gasteiger partial charge < -0.3 is 4.52 Å². The van der Waals surface area contributed by atoms with Crippen LogP contribution >= 0.6 is 0 Å². The second kappa shape index (κ2) is 5.81. The average molecular weight is 324 g/mol. The van der Waals surface area contributed by atoms with E-state index in [4.69, 9.17) is 0 Å². The summed E-state index contributed by atoms with van der Waals surface area (Å²) < 4.78 is 45.0. The zero-order valence-corrected chi connectivity index (χ0v) is 13.0. The number of benzene rings is 1. The largest absolute Gasteiger partial charge is 0.364 e. The van der Waals surface area contributed by atoms with Crippen molar-refractivity contribution in [3.63, 3.8) is 0 Å². The highest BCUT2D eigenvalue weighted by Gasteiger charge is 2.40. The van der Waals surface area contributed by atoms with Gasteiger partial charge >= 0.3 is 0 Å². The molecule has 1 fully saturated rings. The van der Waals surface area contributed by atoms with Crippen LogP contribution in [0.4, 0.5) is 4.39 Å². The van der Waals surface area contributed by atoms with Gasteiger partial charge in [0.1, 0.15) is 17.8 Å². The molecule has 0 N–H and O–H groups in total. The van der Waals surface area contributed by atoms with Crippen LogP contribution in [0.3, 0.4) is 0 Å². The summed E-state index contributed by atoms with van der Waals surface area (Å²) in [5, 5.41) is 3.66. The zero-order chi connectivity index (χ0) is 15.7. The van der Waals surface area contributed by atoms with Crippen molar-refractivity contribution in [3.8, 4) is 0 Å². The summed E-state index contributed by atoms with van der Waals surface area (Å²) >= 11 is 0. The number of nitrogens with zero attached hydrogens (tertiary/aromatic N) is 2. The Morgan fingerprint density at radius 2 is 2.23 bits per heavy atom. The van der Waals surface area contributed by atoms with Gasteiger partial charge in [-0.25, -0.2) is 12.8 Å². The fourth-order valence-corrected chi connectivity index (χ4v) is 4.74. The maximum absolute atomic E-state index is 13.5. The molecule has 1 aromatic carbocycles. The Labute approximate surface area is 128 Å². The van der Waals surface area contributed by atoms with Crippen molar-refractivity contribution in [2.24, 2.45) is 5.92 Å². The molecule has 0 saturated carbocycles. The fourth-order valence-electron chi connectivity index (χ4n) is 2.99. The molecule has 0 amide bonds. The molecule has 0 bridgehead atoms. The van der Waals surface area contributed by atoms with Crippen LogP contribution in [0.25, 0.3) is 0 Å². The van der Waals surface area contributed by atoms with Gasteiger partial charge in [0.2, 0.25) is 10.0 Å². The molecule has 3 rings (SSSR count). The third-order valence-electron chi connectivity index (χ3n) is 4.02. The van der Waals surface area contributed by atoms with Crippen LogP contribution in [0, 0.1) is 11.7 Å². The lowest BCUT2D eigenvalue weighted by Gasteiger charge is -2.26. The van der Waals surface area contributed by atoms with Gasteiger partial charge in [0.05, 0.1) is 11.7 Å². The molecule has 0 spiro atoms. The van der Waals surface area contributed by atoms with E-state index in [0.717, 1.165) is 6.42 Å². The number of halogens is 1. The van der Waals surface area contributed by atoms with Gasteiger partial charge in [0, 0.05) is 12.6 Å². The SMILES string of the molecule is C[C@@H]1CCN(S(=O)(=O)Cc2ccon2)[C@@H]1c1cccc(F)c1. The van der Waals surface area contributed by atoms with E-state index in [-0.39, 0.29) is 23.5 Å². The van der Waals surface area contributed by atoms with E-state index < -0.39 is 10.0 Å². The Hall–Kier alpha value is -1.73. The summed E-state index contributed by atoms with van der Waals surface area (Å²) in [7, 11) is -3.54. The lowest BCUT2D eigenvalue weighted by molar-refractivity contribution is 0.354. The van der Waals surface area contributed by atoms with Crippen molar-refractivity contribution in [2.75, 3.05) is 6.54 Å². The van der Waals surface area contributed by atoms with Crippen molar-refractivity contribution < 1.29 is 17.3 Å². The summed E-state index contributed by atoms with van der Waals surface area (Å²) in [6.45, 7) is 2.42. The first-order valence-corrected chi connectivity index (χ1v) is 8.72. The van der Waals surface area contributed by atoms with Crippen LogP contribution in [-0.2, 0) is 15.8 Å². The number of hydrogen-bond donors (Lipinski definition) is 0. The number of rotatable bonds is 4. The van der Waals surface area contributed by atoms with Crippen molar-refractivity contribution in [3.05, 3.63) is 53.7 Å². The van der Waals surface area contributed by atoms with Gasteiger partial charge in [-0.2, -0.15) is 4.31 Å². The molecule has 2 heterocycles. The molecule has 2 aromatic rings. The van der Waals surface area contributed by atoms with E-state index in [1.165, 1.54) is 28.8 Å². The zero-order valence-electron chi connectivity index (χ0n) is 12.1. The standard InChI is InChI=1S/C15H17FN2O3S/c1-11-5-7-18(15(11)12-3-2-4-13(16)9-12)22(19,20)10-14-6-8-21-17-14/h2-4,6,8-9,11,15H,5,7,10H2,1H3/t11-,15+/m1/s1. The fraction of sp³-hybridized carbons (Fsp3) is 0.400. The predicted molar refractivity (Wildman–Crippen MR) is 78.8 cm³/mol. The first-order valence-electron chi connectivity index (χ1n) is 7.11. The number of sulfonamides is 1. The van der Waals surface area contributed by atoms with Gasteiger partial charge in [-0.1, -0.05) is 24.2 Å². The summed E-state index contributed by atoms with van der Waals surface area (Å²) in [4.78, 5) is 0. The van der Waals surface area contributed by atoms with E-state index in [9.17, 15) is 12.8 Å². The molecule has 1 aliphatic heterocycles.